The second-order valence-corrected chi connectivity index (χ2v) is 20.1. The van der Waals surface area contributed by atoms with Crippen LogP contribution in [0.1, 0.15) is 92.4 Å². The maximum atomic E-state index is 14.6. The molecule has 15 heteroatoms. The van der Waals surface area contributed by atoms with Crippen LogP contribution in [0.5, 0.6) is 0 Å². The van der Waals surface area contributed by atoms with Crippen LogP contribution in [0.25, 0.3) is 0 Å². The summed E-state index contributed by atoms with van der Waals surface area (Å²) in [5.74, 6) is -2.75. The number of piperidine rings is 1. The number of primary amides is 1. The Morgan fingerprint density at radius 1 is 1.02 bits per heavy atom. The molecule has 4 aliphatic rings. The van der Waals surface area contributed by atoms with Crippen LogP contribution < -0.4 is 21.7 Å². The van der Waals surface area contributed by atoms with Gasteiger partial charge in [-0.2, -0.15) is 4.31 Å². The number of sulfonamides is 1. The smallest absolute Gasteiger partial charge is 0.315 e. The number of hydrogen-bond donors (Lipinski definition) is 4. The molecule has 4 fully saturated rings. The highest BCUT2D eigenvalue weighted by Gasteiger charge is 2.69. The molecule has 5 N–H and O–H groups in total. The topological polar surface area (TPSA) is 188 Å². The number of carbonyl (C=O) groups excluding carboxylic acids is 5. The van der Waals surface area contributed by atoms with E-state index < -0.39 is 63.2 Å². The summed E-state index contributed by atoms with van der Waals surface area (Å²) < 4.78 is 27.9. The quantitative estimate of drug-likeness (QED) is 0.210. The number of thiophene rings is 1. The van der Waals surface area contributed by atoms with Gasteiger partial charge in [-0.1, -0.05) is 79.2 Å². The van der Waals surface area contributed by atoms with E-state index in [0.29, 0.717) is 13.0 Å². The van der Waals surface area contributed by atoms with Crippen LogP contribution in [-0.4, -0.2) is 91.5 Å². The second-order valence-electron chi connectivity index (χ2n) is 16.8. The van der Waals surface area contributed by atoms with Crippen LogP contribution in [-0.2, 0) is 29.2 Å². The summed E-state index contributed by atoms with van der Waals surface area (Å²) in [7, 11) is -2.28. The summed E-state index contributed by atoms with van der Waals surface area (Å²) in [4.78, 5) is 68.9. The maximum absolute atomic E-state index is 14.6. The Kier molecular flexibility index (Phi) is 11.6. The van der Waals surface area contributed by atoms with E-state index in [-0.39, 0.29) is 45.7 Å². The molecule has 1 aliphatic heterocycles. The Bertz CT molecular complexity index is 1580. The molecule has 0 bridgehead atoms. The summed E-state index contributed by atoms with van der Waals surface area (Å²) in [6.45, 7) is 10.2. The van der Waals surface area contributed by atoms with Crippen molar-refractivity contribution in [1.82, 2.24) is 25.2 Å². The minimum absolute atomic E-state index is 0.0120. The lowest BCUT2D eigenvalue weighted by atomic mass is 9.80. The first-order valence-electron chi connectivity index (χ1n) is 18.4. The fraction of sp³-hybridized carbons (Fsp3) is 0.750. The van der Waals surface area contributed by atoms with Crippen LogP contribution in [0.4, 0.5) is 4.79 Å². The van der Waals surface area contributed by atoms with E-state index in [1.807, 2.05) is 20.8 Å². The van der Waals surface area contributed by atoms with Crippen molar-refractivity contribution in [3.05, 3.63) is 17.5 Å². The Labute approximate surface area is 306 Å². The van der Waals surface area contributed by atoms with Gasteiger partial charge in [-0.15, -0.1) is 11.3 Å². The lowest BCUT2D eigenvalue weighted by Gasteiger charge is -2.38. The summed E-state index contributed by atoms with van der Waals surface area (Å²) in [6, 6.07) is -0.790. The van der Waals surface area contributed by atoms with Crippen LogP contribution in [0.15, 0.2) is 21.7 Å². The van der Waals surface area contributed by atoms with Gasteiger partial charge in [0, 0.05) is 26.2 Å². The molecule has 1 aromatic heterocycles. The Morgan fingerprint density at radius 3 is 2.24 bits per heavy atom. The van der Waals surface area contributed by atoms with Crippen molar-refractivity contribution in [3.63, 3.8) is 0 Å². The first-order valence-corrected chi connectivity index (χ1v) is 20.7. The van der Waals surface area contributed by atoms with E-state index in [9.17, 15) is 32.4 Å². The van der Waals surface area contributed by atoms with Gasteiger partial charge in [-0.3, -0.25) is 19.2 Å². The van der Waals surface area contributed by atoms with E-state index in [1.54, 1.807) is 22.4 Å². The average molecular weight is 749 g/mol. The summed E-state index contributed by atoms with van der Waals surface area (Å²) >= 11 is 1.13. The van der Waals surface area contributed by atoms with Gasteiger partial charge in [0.05, 0.1) is 6.04 Å². The van der Waals surface area contributed by atoms with Gasteiger partial charge in [0.25, 0.3) is 15.9 Å². The molecule has 0 aromatic carbocycles. The van der Waals surface area contributed by atoms with Crippen LogP contribution in [0, 0.1) is 34.5 Å². The number of rotatable bonds is 14. The maximum Gasteiger partial charge on any atom is 0.315 e. The van der Waals surface area contributed by atoms with Gasteiger partial charge in [0.15, 0.2) is 0 Å². The molecular weight excluding hydrogens is 693 g/mol. The van der Waals surface area contributed by atoms with E-state index >= 15 is 0 Å². The standard InChI is InChI=1S/C36H56N6O7S2/c1-35(2,3)25(20-41(6)51(48,49)26-16-11-17-50-26)39-34(47)40-28(22-14-8-7-9-15-22)33(46)42-19-23-27(36(23,4)5)29(42)32(45)38-24(30(43)31(37)44)18-21-12-10-13-21/h11,16-17,21-25,27-29H,7-10,12-15,18-20H2,1-6H3,(H2,37,44)(H,38,45)(H2,39,40,47)/t23-,24?,25+,27-,28-,29-/m0/s1. The van der Waals surface area contributed by atoms with Gasteiger partial charge in [-0.05, 0) is 65.2 Å². The van der Waals surface area contributed by atoms with Crippen LogP contribution in [0.3, 0.4) is 0 Å². The summed E-state index contributed by atoms with van der Waals surface area (Å²) in [5.41, 5.74) is 4.64. The molecule has 5 rings (SSSR count). The Balaban J connectivity index is 1.35. The van der Waals surface area contributed by atoms with Crippen molar-refractivity contribution >= 4 is 50.9 Å². The average Bonchev–Trinajstić information content (AvgIpc) is 3.50. The molecule has 51 heavy (non-hydrogen) atoms. The monoisotopic (exact) mass is 748 g/mol. The molecule has 3 aliphatic carbocycles. The molecule has 1 unspecified atom stereocenters. The number of likely N-dealkylation sites (tertiary alicyclic amines) is 1. The number of ketones is 1. The largest absolute Gasteiger partial charge is 0.363 e. The van der Waals surface area contributed by atoms with E-state index in [4.69, 9.17) is 5.73 Å². The number of Topliss-reactive ketones (excluding diaryl/α,β-unsaturated/α-hetero) is 1. The minimum Gasteiger partial charge on any atom is -0.363 e. The normalized spacial score (nSPS) is 25.2. The zero-order chi connectivity index (χ0) is 37.5. The molecule has 0 radical (unpaired) electrons. The second kappa shape index (κ2) is 15.1. The van der Waals surface area contributed by atoms with E-state index in [1.165, 1.54) is 11.4 Å². The minimum atomic E-state index is -3.77. The SMILES string of the molecule is CN(C[C@@H](NC(=O)N[C@H](C(=O)N1C[C@H]2[C@@H]([C@H]1C(=O)NC(CC1CCC1)C(=O)C(N)=O)C2(C)C)C1CCCCC1)C(C)(C)C)S(=O)(=O)c1cccs1. The number of carbonyl (C=O) groups is 5. The first-order chi connectivity index (χ1) is 23.8. The predicted octanol–water partition coefficient (Wildman–Crippen LogP) is 3.24. The molecule has 6 atom stereocenters. The first kappa shape index (κ1) is 39.2. The van der Waals surface area contributed by atoms with Crippen molar-refractivity contribution in [2.24, 2.45) is 40.2 Å². The number of nitrogens with zero attached hydrogens (tertiary/aromatic N) is 2. The van der Waals surface area contributed by atoms with Gasteiger partial charge in [-0.25, -0.2) is 13.2 Å². The van der Waals surface area contributed by atoms with Gasteiger partial charge >= 0.3 is 6.03 Å². The number of urea groups is 1. The number of hydrogen-bond acceptors (Lipinski definition) is 8. The van der Waals surface area contributed by atoms with Crippen molar-refractivity contribution in [3.8, 4) is 0 Å². The van der Waals surface area contributed by atoms with Crippen LogP contribution in [0.2, 0.25) is 0 Å². The molecule has 1 aromatic rings. The molecular formula is C36H56N6O7S2. The fourth-order valence-electron chi connectivity index (χ4n) is 8.36. The van der Waals surface area contributed by atoms with Crippen molar-refractivity contribution in [2.45, 2.75) is 121 Å². The zero-order valence-corrected chi connectivity index (χ0v) is 32.4. The van der Waals surface area contributed by atoms with Crippen LogP contribution >= 0.6 is 11.3 Å². The number of amides is 5. The highest BCUT2D eigenvalue weighted by molar-refractivity contribution is 7.91. The lowest BCUT2D eigenvalue weighted by Crippen LogP contribution is -2.61. The van der Waals surface area contributed by atoms with E-state index in [0.717, 1.165) is 62.7 Å². The van der Waals surface area contributed by atoms with Gasteiger partial charge in [0.1, 0.15) is 16.3 Å². The van der Waals surface area contributed by atoms with E-state index in [2.05, 4.69) is 29.8 Å². The van der Waals surface area contributed by atoms with Crippen molar-refractivity contribution < 1.29 is 32.4 Å². The van der Waals surface area contributed by atoms with Crippen molar-refractivity contribution in [2.75, 3.05) is 20.1 Å². The Morgan fingerprint density at radius 2 is 1.69 bits per heavy atom. The lowest BCUT2D eigenvalue weighted by molar-refractivity contribution is -0.144. The molecule has 0 spiro atoms. The molecule has 2 heterocycles. The fourth-order valence-corrected chi connectivity index (χ4v) is 10.7. The number of likely N-dealkylation sites (N-methyl/N-ethyl adjacent to an activating group) is 1. The molecule has 5 amide bonds. The van der Waals surface area contributed by atoms with Gasteiger partial charge < -0.3 is 26.6 Å². The Hall–Kier alpha value is -3.04. The van der Waals surface area contributed by atoms with Crippen molar-refractivity contribution in [1.29, 1.82) is 0 Å². The molecule has 13 nitrogen and oxygen atoms in total. The summed E-state index contributed by atoms with van der Waals surface area (Å²) in [5, 5.41) is 10.5. The molecule has 1 saturated heterocycles. The summed E-state index contributed by atoms with van der Waals surface area (Å²) in [6.07, 6.45) is 7.52. The highest BCUT2D eigenvalue weighted by atomic mass is 32.2. The number of nitrogens with one attached hydrogen (secondary N) is 3. The molecule has 3 saturated carbocycles. The zero-order valence-electron chi connectivity index (χ0n) is 30.8. The highest BCUT2D eigenvalue weighted by Crippen LogP contribution is 2.65. The van der Waals surface area contributed by atoms with Gasteiger partial charge in [0.2, 0.25) is 17.6 Å². The molecule has 284 valence electrons. The third kappa shape index (κ3) is 8.45. The third-order valence-electron chi connectivity index (χ3n) is 12.1. The number of fused-ring (bicyclic) bond motifs is 1. The number of nitrogens with two attached hydrogens (primary N) is 1. The predicted molar refractivity (Wildman–Crippen MR) is 194 cm³/mol. The third-order valence-corrected chi connectivity index (χ3v) is 15.3.